The normalized spacial score (nSPS) is 30.3. The molecule has 2 rings (SSSR count). The van der Waals surface area contributed by atoms with Gasteiger partial charge in [-0.2, -0.15) is 0 Å². The van der Waals surface area contributed by atoms with E-state index in [1.54, 1.807) is 12.1 Å². The molecular formula is C13H17ClO2. The first-order valence-corrected chi connectivity index (χ1v) is 6.23. The van der Waals surface area contributed by atoms with E-state index in [4.69, 9.17) is 16.0 Å². The minimum Gasteiger partial charge on any atom is -0.442 e. The summed E-state index contributed by atoms with van der Waals surface area (Å²) in [5.41, 5.74) is 0. The fourth-order valence-electron chi connectivity index (χ4n) is 2.81. The highest BCUT2D eigenvalue weighted by Gasteiger charge is 2.30. The third-order valence-corrected chi connectivity index (χ3v) is 3.57. The van der Waals surface area contributed by atoms with E-state index in [0.717, 1.165) is 12.8 Å². The molecule has 1 aliphatic carbocycles. The molecule has 0 aliphatic heterocycles. The maximum atomic E-state index is 12.2. The molecular weight excluding hydrogens is 224 g/mol. The Morgan fingerprint density at radius 1 is 1.25 bits per heavy atom. The van der Waals surface area contributed by atoms with Crippen LogP contribution in [0, 0.1) is 17.8 Å². The van der Waals surface area contributed by atoms with Crippen LogP contribution in [0.2, 0.25) is 5.22 Å². The fraction of sp³-hybridized carbons (Fsp3) is 0.615. The van der Waals surface area contributed by atoms with Gasteiger partial charge in [-0.05, 0) is 54.8 Å². The van der Waals surface area contributed by atoms with Crippen LogP contribution >= 0.6 is 11.6 Å². The Balaban J connectivity index is 2.09. The molecule has 0 spiro atoms. The topological polar surface area (TPSA) is 30.2 Å². The van der Waals surface area contributed by atoms with Gasteiger partial charge < -0.3 is 4.42 Å². The molecule has 1 aromatic rings. The molecule has 1 saturated carbocycles. The highest BCUT2D eigenvalue weighted by atomic mass is 35.5. The number of ketones is 1. The zero-order valence-electron chi connectivity index (χ0n) is 9.70. The molecule has 1 aliphatic rings. The molecule has 3 heteroatoms. The van der Waals surface area contributed by atoms with Gasteiger partial charge in [-0.3, -0.25) is 4.79 Å². The summed E-state index contributed by atoms with van der Waals surface area (Å²) in [6, 6.07) is 3.30. The minimum absolute atomic E-state index is 0.112. The van der Waals surface area contributed by atoms with Crippen molar-refractivity contribution in [3.05, 3.63) is 23.1 Å². The van der Waals surface area contributed by atoms with Crippen LogP contribution in [0.3, 0.4) is 0 Å². The Bertz CT molecular complexity index is 373. The van der Waals surface area contributed by atoms with Crippen molar-refractivity contribution >= 4 is 17.4 Å². The maximum absolute atomic E-state index is 12.2. The lowest BCUT2D eigenvalue weighted by molar-refractivity contribution is 0.0807. The maximum Gasteiger partial charge on any atom is 0.201 e. The second-order valence-corrected chi connectivity index (χ2v) is 5.45. The van der Waals surface area contributed by atoms with E-state index in [-0.39, 0.29) is 11.7 Å². The predicted octanol–water partition coefficient (Wildman–Crippen LogP) is 4.19. The van der Waals surface area contributed by atoms with Crippen LogP contribution in [0.25, 0.3) is 0 Å². The van der Waals surface area contributed by atoms with Crippen LogP contribution in [0.1, 0.15) is 43.7 Å². The lowest BCUT2D eigenvalue weighted by atomic mass is 9.75. The molecule has 2 nitrogen and oxygen atoms in total. The lowest BCUT2D eigenvalue weighted by Crippen LogP contribution is -2.25. The van der Waals surface area contributed by atoms with Gasteiger partial charge in [-0.1, -0.05) is 13.8 Å². The molecule has 16 heavy (non-hydrogen) atoms. The largest absolute Gasteiger partial charge is 0.442 e. The number of carbonyl (C=O) groups excluding carboxylic acids is 1. The quantitative estimate of drug-likeness (QED) is 0.726. The van der Waals surface area contributed by atoms with Gasteiger partial charge >= 0.3 is 0 Å². The standard InChI is InChI=1S/C13H17ClO2/c1-8-5-9(2)7-10(6-8)13(15)11-3-4-12(14)16-11/h3-4,8-10H,5-7H2,1-2H3. The summed E-state index contributed by atoms with van der Waals surface area (Å²) in [5.74, 6) is 1.90. The first kappa shape index (κ1) is 11.7. The molecule has 0 saturated heterocycles. The molecule has 2 atom stereocenters. The third kappa shape index (κ3) is 2.49. The molecule has 2 unspecified atom stereocenters. The second kappa shape index (κ2) is 4.62. The van der Waals surface area contributed by atoms with Crippen LogP contribution in [0.4, 0.5) is 0 Å². The molecule has 0 aromatic carbocycles. The second-order valence-electron chi connectivity index (χ2n) is 5.08. The number of furan rings is 1. The van der Waals surface area contributed by atoms with E-state index in [0.29, 0.717) is 22.8 Å². The number of Topliss-reactive ketones (excluding diaryl/α,β-unsaturated/α-hetero) is 1. The van der Waals surface area contributed by atoms with Crippen molar-refractivity contribution in [1.29, 1.82) is 0 Å². The van der Waals surface area contributed by atoms with Gasteiger partial charge in [0.1, 0.15) is 0 Å². The van der Waals surface area contributed by atoms with E-state index in [9.17, 15) is 4.79 Å². The summed E-state index contributed by atoms with van der Waals surface area (Å²) in [7, 11) is 0. The average molecular weight is 241 g/mol. The van der Waals surface area contributed by atoms with E-state index in [2.05, 4.69) is 13.8 Å². The third-order valence-electron chi connectivity index (χ3n) is 3.37. The highest BCUT2D eigenvalue weighted by molar-refractivity contribution is 6.29. The molecule has 0 radical (unpaired) electrons. The van der Waals surface area contributed by atoms with Crippen molar-refractivity contribution in [2.45, 2.75) is 33.1 Å². The molecule has 0 bridgehead atoms. The van der Waals surface area contributed by atoms with Crippen molar-refractivity contribution in [2.75, 3.05) is 0 Å². The molecule has 88 valence electrons. The van der Waals surface area contributed by atoms with Gasteiger partial charge in [0.15, 0.2) is 11.0 Å². The van der Waals surface area contributed by atoms with Gasteiger partial charge in [-0.15, -0.1) is 0 Å². The van der Waals surface area contributed by atoms with Crippen molar-refractivity contribution in [3.8, 4) is 0 Å². The predicted molar refractivity (Wildman–Crippen MR) is 63.7 cm³/mol. The van der Waals surface area contributed by atoms with Crippen molar-refractivity contribution in [3.63, 3.8) is 0 Å². The van der Waals surface area contributed by atoms with E-state index >= 15 is 0 Å². The lowest BCUT2D eigenvalue weighted by Gasteiger charge is -2.29. The van der Waals surface area contributed by atoms with Crippen molar-refractivity contribution in [1.82, 2.24) is 0 Å². The van der Waals surface area contributed by atoms with Crippen LogP contribution < -0.4 is 0 Å². The van der Waals surface area contributed by atoms with Crippen molar-refractivity contribution in [2.24, 2.45) is 17.8 Å². The van der Waals surface area contributed by atoms with E-state index in [1.165, 1.54) is 6.42 Å². The first-order chi connectivity index (χ1) is 7.56. The van der Waals surface area contributed by atoms with Gasteiger partial charge in [0.2, 0.25) is 5.78 Å². The number of rotatable bonds is 2. The van der Waals surface area contributed by atoms with Gasteiger partial charge in [0.05, 0.1) is 0 Å². The summed E-state index contributed by atoms with van der Waals surface area (Å²) >= 11 is 5.68. The summed E-state index contributed by atoms with van der Waals surface area (Å²) < 4.78 is 5.18. The number of hydrogen-bond donors (Lipinski definition) is 0. The Hall–Kier alpha value is -0.760. The molecule has 1 aromatic heterocycles. The van der Waals surface area contributed by atoms with Gasteiger partial charge in [-0.25, -0.2) is 0 Å². The Kier molecular flexibility index (Phi) is 3.38. The Morgan fingerprint density at radius 2 is 1.88 bits per heavy atom. The van der Waals surface area contributed by atoms with E-state index < -0.39 is 0 Å². The number of carbonyl (C=O) groups is 1. The zero-order chi connectivity index (χ0) is 11.7. The smallest absolute Gasteiger partial charge is 0.201 e. The average Bonchev–Trinajstić information content (AvgIpc) is 2.62. The summed E-state index contributed by atoms with van der Waals surface area (Å²) in [5, 5.41) is 0.292. The summed E-state index contributed by atoms with van der Waals surface area (Å²) in [6.45, 7) is 4.43. The van der Waals surface area contributed by atoms with Gasteiger partial charge in [0.25, 0.3) is 0 Å². The number of halogens is 1. The molecule has 1 heterocycles. The van der Waals surface area contributed by atoms with Crippen LogP contribution in [-0.4, -0.2) is 5.78 Å². The Labute approximate surface area is 101 Å². The number of hydrogen-bond acceptors (Lipinski definition) is 2. The monoisotopic (exact) mass is 240 g/mol. The first-order valence-electron chi connectivity index (χ1n) is 5.85. The SMILES string of the molecule is CC1CC(C)CC(C(=O)c2ccc(Cl)o2)C1. The molecule has 0 amide bonds. The Morgan fingerprint density at radius 3 is 2.38 bits per heavy atom. The molecule has 0 N–H and O–H groups in total. The van der Waals surface area contributed by atoms with Gasteiger partial charge in [0, 0.05) is 5.92 Å². The van der Waals surface area contributed by atoms with E-state index in [1.807, 2.05) is 0 Å². The zero-order valence-corrected chi connectivity index (χ0v) is 10.5. The van der Waals surface area contributed by atoms with Crippen LogP contribution in [0.5, 0.6) is 0 Å². The minimum atomic E-state index is 0.112. The van der Waals surface area contributed by atoms with Crippen LogP contribution in [-0.2, 0) is 0 Å². The van der Waals surface area contributed by atoms with Crippen LogP contribution in [0.15, 0.2) is 16.5 Å². The summed E-state index contributed by atoms with van der Waals surface area (Å²) in [6.07, 6.45) is 3.17. The summed E-state index contributed by atoms with van der Waals surface area (Å²) in [4.78, 5) is 12.2. The highest BCUT2D eigenvalue weighted by Crippen LogP contribution is 2.35. The fourth-order valence-corrected chi connectivity index (χ4v) is 2.96. The molecule has 1 fully saturated rings. The van der Waals surface area contributed by atoms with Crippen molar-refractivity contribution < 1.29 is 9.21 Å².